The second-order valence-electron chi connectivity index (χ2n) is 6.69. The van der Waals surface area contributed by atoms with Crippen LogP contribution in [0.15, 0.2) is 4.99 Å². The van der Waals surface area contributed by atoms with Gasteiger partial charge in [-0.2, -0.15) is 0 Å². The molecule has 1 unspecified atom stereocenters. The van der Waals surface area contributed by atoms with Gasteiger partial charge in [0, 0.05) is 31.8 Å². The van der Waals surface area contributed by atoms with E-state index in [9.17, 15) is 9.59 Å². The number of hydrogen-bond donors (Lipinski definition) is 0. The number of esters is 1. The highest BCUT2D eigenvalue weighted by Gasteiger charge is 2.34. The van der Waals surface area contributed by atoms with Crippen molar-refractivity contribution in [3.8, 4) is 0 Å². The van der Waals surface area contributed by atoms with Gasteiger partial charge in [-0.15, -0.1) is 0 Å². The Morgan fingerprint density at radius 1 is 1.17 bits per heavy atom. The Morgan fingerprint density at radius 3 is 2.65 bits per heavy atom. The molecule has 0 aromatic carbocycles. The minimum atomic E-state index is -0.265. The van der Waals surface area contributed by atoms with Crippen LogP contribution in [0.3, 0.4) is 0 Å². The maximum atomic E-state index is 11.8. The van der Waals surface area contributed by atoms with Gasteiger partial charge in [-0.3, -0.25) is 14.6 Å². The first-order valence-electron chi connectivity index (χ1n) is 9.08. The minimum Gasteiger partial charge on any atom is -0.469 e. The van der Waals surface area contributed by atoms with E-state index in [1.807, 2.05) is 4.90 Å². The highest BCUT2D eigenvalue weighted by atomic mass is 16.5. The third-order valence-electron chi connectivity index (χ3n) is 4.85. The molecule has 0 bridgehead atoms. The molecule has 0 aromatic rings. The van der Waals surface area contributed by atoms with E-state index < -0.39 is 0 Å². The van der Waals surface area contributed by atoms with Crippen molar-refractivity contribution in [3.63, 3.8) is 0 Å². The zero-order valence-electron chi connectivity index (χ0n) is 14.4. The lowest BCUT2D eigenvalue weighted by atomic mass is 9.98. The van der Waals surface area contributed by atoms with Crippen molar-refractivity contribution in [3.05, 3.63) is 0 Å². The van der Waals surface area contributed by atoms with E-state index >= 15 is 0 Å². The Balaban J connectivity index is 1.52. The van der Waals surface area contributed by atoms with Gasteiger partial charge in [-0.05, 0) is 38.5 Å². The number of carbonyl (C=O) groups excluding carboxylic acids is 2. The molecule has 1 heterocycles. The van der Waals surface area contributed by atoms with Crippen molar-refractivity contribution >= 4 is 17.6 Å². The molecule has 1 saturated heterocycles. The zero-order chi connectivity index (χ0) is 16.5. The van der Waals surface area contributed by atoms with Crippen LogP contribution in [0.25, 0.3) is 0 Å². The number of carbonyl (C=O) groups is 2. The van der Waals surface area contributed by atoms with Crippen molar-refractivity contribution < 1.29 is 14.3 Å². The molecular weight excluding hydrogens is 292 g/mol. The third-order valence-corrected chi connectivity index (χ3v) is 4.85. The Morgan fingerprint density at radius 2 is 1.91 bits per heavy atom. The Bertz CT molecular complexity index is 426. The van der Waals surface area contributed by atoms with Gasteiger partial charge in [-0.25, -0.2) is 0 Å². The maximum Gasteiger partial charge on any atom is 0.310 e. The molecular formula is C18H30N2O3. The molecule has 1 atom stereocenters. The van der Waals surface area contributed by atoms with Gasteiger partial charge in [0.25, 0.3) is 0 Å². The number of hydrogen-bond acceptors (Lipinski definition) is 4. The third kappa shape index (κ3) is 5.96. The van der Waals surface area contributed by atoms with Crippen LogP contribution in [0.2, 0.25) is 0 Å². The fourth-order valence-electron chi connectivity index (χ4n) is 3.44. The molecule has 2 rings (SSSR count). The molecule has 1 aliphatic heterocycles. The van der Waals surface area contributed by atoms with Crippen LogP contribution in [0, 0.1) is 5.92 Å². The van der Waals surface area contributed by atoms with Crippen LogP contribution >= 0.6 is 0 Å². The van der Waals surface area contributed by atoms with Crippen molar-refractivity contribution in [2.24, 2.45) is 10.9 Å². The van der Waals surface area contributed by atoms with Crippen molar-refractivity contribution in [1.29, 1.82) is 0 Å². The van der Waals surface area contributed by atoms with Gasteiger partial charge in [0.05, 0.1) is 13.0 Å². The van der Waals surface area contributed by atoms with Crippen molar-refractivity contribution in [2.45, 2.75) is 64.2 Å². The first-order chi connectivity index (χ1) is 11.2. The molecule has 5 nitrogen and oxygen atoms in total. The number of likely N-dealkylation sites (tertiary alicyclic amines) is 1. The summed E-state index contributed by atoms with van der Waals surface area (Å²) >= 11 is 0. The van der Waals surface area contributed by atoms with Crippen LogP contribution in [0.4, 0.5) is 0 Å². The summed E-state index contributed by atoms with van der Waals surface area (Å²) in [5, 5.41) is 0. The number of ether oxygens (including phenoxy) is 1. The topological polar surface area (TPSA) is 59.0 Å². The molecule has 0 radical (unpaired) electrons. The van der Waals surface area contributed by atoms with Gasteiger partial charge in [0.2, 0.25) is 5.91 Å². The van der Waals surface area contributed by atoms with Gasteiger partial charge >= 0.3 is 5.97 Å². The lowest BCUT2D eigenvalue weighted by molar-refractivity contribution is -0.145. The first kappa shape index (κ1) is 18.0. The van der Waals surface area contributed by atoms with Gasteiger partial charge < -0.3 is 9.64 Å². The summed E-state index contributed by atoms with van der Waals surface area (Å²) in [6.07, 6.45) is 11.2. The van der Waals surface area contributed by atoms with Crippen LogP contribution in [0.1, 0.15) is 64.2 Å². The molecule has 0 aromatic heterocycles. The average Bonchev–Trinajstić information content (AvgIpc) is 2.95. The van der Waals surface area contributed by atoms with Crippen LogP contribution in [-0.2, 0) is 14.3 Å². The normalized spacial score (nSPS) is 21.6. The van der Waals surface area contributed by atoms with E-state index in [1.54, 1.807) is 0 Å². The van der Waals surface area contributed by atoms with Crippen molar-refractivity contribution in [1.82, 2.24) is 4.90 Å². The van der Waals surface area contributed by atoms with Crippen LogP contribution in [0.5, 0.6) is 0 Å². The molecule has 2 aliphatic rings. The standard InChI is InChI=1S/C18H30N2O3/c1-23-18(22)15-13-17(21)20(14-15)12-8-3-2-7-11-19-16-9-5-4-6-10-16/h15H,2-14H2,1H3. The second kappa shape index (κ2) is 9.68. The summed E-state index contributed by atoms with van der Waals surface area (Å²) in [5.41, 5.74) is 1.42. The van der Waals surface area contributed by atoms with Crippen LogP contribution in [-0.4, -0.2) is 49.2 Å². The van der Waals surface area contributed by atoms with Crippen LogP contribution < -0.4 is 0 Å². The highest BCUT2D eigenvalue weighted by Crippen LogP contribution is 2.20. The number of methoxy groups -OCH3 is 1. The largest absolute Gasteiger partial charge is 0.469 e. The molecule has 23 heavy (non-hydrogen) atoms. The molecule has 1 aliphatic carbocycles. The predicted molar refractivity (Wildman–Crippen MR) is 90.6 cm³/mol. The quantitative estimate of drug-likeness (QED) is 0.510. The Labute approximate surface area is 139 Å². The zero-order valence-corrected chi connectivity index (χ0v) is 14.4. The molecule has 5 heteroatoms. The van der Waals surface area contributed by atoms with E-state index in [0.717, 1.165) is 32.4 Å². The van der Waals surface area contributed by atoms with Gasteiger partial charge in [-0.1, -0.05) is 19.3 Å². The monoisotopic (exact) mass is 322 g/mol. The van der Waals surface area contributed by atoms with E-state index in [-0.39, 0.29) is 17.8 Å². The van der Waals surface area contributed by atoms with E-state index in [1.165, 1.54) is 51.3 Å². The van der Waals surface area contributed by atoms with E-state index in [2.05, 4.69) is 0 Å². The van der Waals surface area contributed by atoms with E-state index in [4.69, 9.17) is 9.73 Å². The SMILES string of the molecule is COC(=O)C1CC(=O)N(CCCCCCN=C2CCCCC2)C1. The number of unbranched alkanes of at least 4 members (excludes halogenated alkanes) is 3. The highest BCUT2D eigenvalue weighted by molar-refractivity contribution is 5.86. The molecule has 2 fully saturated rings. The molecule has 0 N–H and O–H groups in total. The molecule has 1 amide bonds. The Hall–Kier alpha value is -1.39. The summed E-state index contributed by atoms with van der Waals surface area (Å²) < 4.78 is 4.72. The summed E-state index contributed by atoms with van der Waals surface area (Å²) in [5.74, 6) is -0.439. The van der Waals surface area contributed by atoms with E-state index in [0.29, 0.717) is 13.0 Å². The summed E-state index contributed by atoms with van der Waals surface area (Å²) in [6.45, 7) is 2.25. The fourth-order valence-corrected chi connectivity index (χ4v) is 3.44. The lowest BCUT2D eigenvalue weighted by Gasteiger charge is -2.16. The first-order valence-corrected chi connectivity index (χ1v) is 9.08. The Kier molecular flexibility index (Phi) is 7.56. The lowest BCUT2D eigenvalue weighted by Crippen LogP contribution is -2.27. The summed E-state index contributed by atoms with van der Waals surface area (Å²) in [6, 6.07) is 0. The van der Waals surface area contributed by atoms with Gasteiger partial charge in [0.15, 0.2) is 0 Å². The van der Waals surface area contributed by atoms with Gasteiger partial charge in [0.1, 0.15) is 0 Å². The minimum absolute atomic E-state index is 0.0871. The van der Waals surface area contributed by atoms with Crippen molar-refractivity contribution in [2.75, 3.05) is 26.7 Å². The maximum absolute atomic E-state index is 11.8. The molecule has 1 saturated carbocycles. The second-order valence-corrected chi connectivity index (χ2v) is 6.69. The summed E-state index contributed by atoms with van der Waals surface area (Å²) in [4.78, 5) is 29.8. The summed E-state index contributed by atoms with van der Waals surface area (Å²) in [7, 11) is 1.38. The predicted octanol–water partition coefficient (Wildman–Crippen LogP) is 2.97. The number of rotatable bonds is 8. The number of amides is 1. The molecule has 130 valence electrons. The number of nitrogens with zero attached hydrogens (tertiary/aromatic N) is 2. The number of aliphatic imine (C=N–C) groups is 1. The smallest absolute Gasteiger partial charge is 0.310 e. The fraction of sp³-hybridized carbons (Fsp3) is 0.833. The average molecular weight is 322 g/mol. The molecule has 0 spiro atoms.